The Morgan fingerprint density at radius 3 is 2.94 bits per heavy atom. The van der Waals surface area contributed by atoms with Crippen molar-refractivity contribution in [3.63, 3.8) is 0 Å². The first-order valence-corrected chi connectivity index (χ1v) is 12.2. The third kappa shape index (κ3) is 3.62. The summed E-state index contributed by atoms with van der Waals surface area (Å²) >= 11 is 0. The minimum Gasteiger partial charge on any atom is -0.481 e. The lowest BCUT2D eigenvalue weighted by molar-refractivity contribution is 0.101. The van der Waals surface area contributed by atoms with Gasteiger partial charge < -0.3 is 14.8 Å². The Hall–Kier alpha value is -3.44. The standard InChI is InChI=1S/C22H24N6O4S/c1-12-10-14-4-5-15(13-6-7-25-16(11-13)31-2)18(17(12)14)26-21(29)19-20(33(23,24)30)22-28(27-19)8-3-9-32-22/h4-7,11-12H,3,8-10H2,1-2H3,(H,26,29)(H3,23,24,30)/t12-/m1/s1. The molecular weight excluding hydrogens is 444 g/mol. The van der Waals surface area contributed by atoms with Gasteiger partial charge in [-0.2, -0.15) is 5.10 Å². The molecule has 3 aromatic rings. The summed E-state index contributed by atoms with van der Waals surface area (Å²) in [5.74, 6) is 0.254. The molecule has 3 heterocycles. The lowest BCUT2D eigenvalue weighted by Crippen LogP contribution is -2.23. The summed E-state index contributed by atoms with van der Waals surface area (Å²) < 4.78 is 32.8. The number of hydrogen-bond acceptors (Lipinski definition) is 7. The minimum absolute atomic E-state index is 0.127. The molecule has 2 aliphatic rings. The van der Waals surface area contributed by atoms with Crippen molar-refractivity contribution in [2.24, 2.45) is 5.14 Å². The van der Waals surface area contributed by atoms with Gasteiger partial charge in [0.2, 0.25) is 11.8 Å². The van der Waals surface area contributed by atoms with Gasteiger partial charge in [-0.3, -0.25) is 4.79 Å². The molecule has 4 N–H and O–H groups in total. The fourth-order valence-electron chi connectivity index (χ4n) is 4.47. The van der Waals surface area contributed by atoms with Gasteiger partial charge in [-0.25, -0.2) is 23.8 Å². The number of carbonyl (C=O) groups excluding carboxylic acids is 1. The number of anilines is 1. The number of nitrogens with two attached hydrogens (primary N) is 1. The SMILES string of the molecule is COc1cc(-c2ccc3c(c2NC(=O)c2nn4c(c2S(=N)(N)=O)OCCC4)[C@H](C)C3)ccn1. The molecule has 172 valence electrons. The summed E-state index contributed by atoms with van der Waals surface area (Å²) in [6.07, 6.45) is 3.25. The van der Waals surface area contributed by atoms with Crippen LogP contribution in [0.25, 0.3) is 11.1 Å². The van der Waals surface area contributed by atoms with Crippen LogP contribution in [0.5, 0.6) is 11.8 Å². The Morgan fingerprint density at radius 2 is 2.21 bits per heavy atom. The van der Waals surface area contributed by atoms with Crippen LogP contribution in [0, 0.1) is 4.78 Å². The van der Waals surface area contributed by atoms with E-state index in [1.54, 1.807) is 19.4 Å². The number of aromatic nitrogens is 3. The van der Waals surface area contributed by atoms with Gasteiger partial charge in [0.05, 0.1) is 19.4 Å². The molecule has 1 amide bonds. The number of ether oxygens (including phenoxy) is 2. The van der Waals surface area contributed by atoms with Crippen molar-refractivity contribution in [1.82, 2.24) is 14.8 Å². The Balaban J connectivity index is 1.62. The summed E-state index contributed by atoms with van der Waals surface area (Å²) in [7, 11) is -2.20. The highest BCUT2D eigenvalue weighted by Crippen LogP contribution is 2.45. The van der Waals surface area contributed by atoms with Crippen molar-refractivity contribution in [3.05, 3.63) is 47.3 Å². The monoisotopic (exact) mass is 468 g/mol. The maximum absolute atomic E-state index is 13.5. The number of nitrogens with zero attached hydrogens (tertiary/aromatic N) is 3. The number of aryl methyl sites for hydroxylation is 1. The van der Waals surface area contributed by atoms with Crippen molar-refractivity contribution in [2.45, 2.75) is 37.1 Å². The van der Waals surface area contributed by atoms with Crippen LogP contribution in [0.1, 0.15) is 40.9 Å². The maximum atomic E-state index is 13.5. The van der Waals surface area contributed by atoms with E-state index in [0.717, 1.165) is 28.7 Å². The second-order valence-corrected chi connectivity index (χ2v) is 9.83. The fraction of sp³-hybridized carbons (Fsp3) is 0.318. The molecule has 33 heavy (non-hydrogen) atoms. The van der Waals surface area contributed by atoms with Crippen molar-refractivity contribution in [3.8, 4) is 22.9 Å². The molecule has 2 atom stereocenters. The summed E-state index contributed by atoms with van der Waals surface area (Å²) in [6.45, 7) is 2.97. The minimum atomic E-state index is -3.75. The second-order valence-electron chi connectivity index (χ2n) is 8.22. The Bertz CT molecular complexity index is 1380. The van der Waals surface area contributed by atoms with E-state index < -0.39 is 15.8 Å². The predicted octanol–water partition coefficient (Wildman–Crippen LogP) is 2.93. The third-order valence-electron chi connectivity index (χ3n) is 5.98. The zero-order valence-corrected chi connectivity index (χ0v) is 19.1. The number of carbonyl (C=O) groups is 1. The first-order chi connectivity index (χ1) is 15.8. The molecule has 1 aliphatic carbocycles. The first kappa shape index (κ1) is 21.4. The molecule has 11 heteroatoms. The van der Waals surface area contributed by atoms with Crippen molar-refractivity contribution in [2.75, 3.05) is 19.0 Å². The van der Waals surface area contributed by atoms with E-state index in [9.17, 15) is 9.00 Å². The van der Waals surface area contributed by atoms with Crippen LogP contribution in [0.3, 0.4) is 0 Å². The van der Waals surface area contributed by atoms with Crippen LogP contribution in [0.2, 0.25) is 0 Å². The number of hydrogen-bond donors (Lipinski definition) is 3. The molecule has 1 aliphatic heterocycles. The van der Waals surface area contributed by atoms with Crippen molar-refractivity contribution < 1.29 is 18.5 Å². The smallest absolute Gasteiger partial charge is 0.277 e. The van der Waals surface area contributed by atoms with Gasteiger partial charge in [0, 0.05) is 30.8 Å². The van der Waals surface area contributed by atoms with Crippen LogP contribution in [-0.2, 0) is 22.9 Å². The molecule has 2 aromatic heterocycles. The molecule has 0 fully saturated rings. The molecule has 0 radical (unpaired) electrons. The average Bonchev–Trinajstić information content (AvgIpc) is 3.18. The van der Waals surface area contributed by atoms with E-state index in [0.29, 0.717) is 31.1 Å². The van der Waals surface area contributed by atoms with E-state index in [1.165, 1.54) is 4.68 Å². The largest absolute Gasteiger partial charge is 0.481 e. The summed E-state index contributed by atoms with van der Waals surface area (Å²) in [5, 5.41) is 12.9. The van der Waals surface area contributed by atoms with E-state index in [4.69, 9.17) is 19.4 Å². The van der Waals surface area contributed by atoms with Gasteiger partial charge in [0.1, 0.15) is 9.92 Å². The van der Waals surface area contributed by atoms with Crippen LogP contribution in [-0.4, -0.2) is 38.6 Å². The van der Waals surface area contributed by atoms with Gasteiger partial charge in [0.15, 0.2) is 10.6 Å². The number of nitrogens with one attached hydrogen (secondary N) is 2. The van der Waals surface area contributed by atoms with Gasteiger partial charge in [-0.15, -0.1) is 0 Å². The quantitative estimate of drug-likeness (QED) is 0.525. The van der Waals surface area contributed by atoms with Gasteiger partial charge >= 0.3 is 0 Å². The molecule has 0 spiro atoms. The highest BCUT2D eigenvalue weighted by molar-refractivity contribution is 7.90. The van der Waals surface area contributed by atoms with Crippen molar-refractivity contribution >= 4 is 21.5 Å². The molecular formula is C22H24N6O4S. The maximum Gasteiger partial charge on any atom is 0.277 e. The summed E-state index contributed by atoms with van der Waals surface area (Å²) in [6, 6.07) is 7.65. The molecule has 0 saturated heterocycles. The predicted molar refractivity (Wildman–Crippen MR) is 122 cm³/mol. The lowest BCUT2D eigenvalue weighted by Gasteiger charge is -2.31. The van der Waals surface area contributed by atoms with Gasteiger partial charge in [-0.1, -0.05) is 19.1 Å². The molecule has 0 bridgehead atoms. The zero-order valence-electron chi connectivity index (χ0n) is 18.3. The van der Waals surface area contributed by atoms with E-state index in [2.05, 4.69) is 28.4 Å². The number of amides is 1. The van der Waals surface area contributed by atoms with Crippen LogP contribution >= 0.6 is 0 Å². The number of benzene rings is 1. The average molecular weight is 469 g/mol. The van der Waals surface area contributed by atoms with Gasteiger partial charge in [0.25, 0.3) is 5.91 Å². The molecule has 0 saturated carbocycles. The van der Waals surface area contributed by atoms with Crippen LogP contribution < -0.4 is 19.9 Å². The summed E-state index contributed by atoms with van der Waals surface area (Å²) in [4.78, 5) is 17.4. The van der Waals surface area contributed by atoms with Crippen molar-refractivity contribution in [1.29, 1.82) is 4.78 Å². The van der Waals surface area contributed by atoms with Crippen LogP contribution in [0.15, 0.2) is 35.4 Å². The lowest BCUT2D eigenvalue weighted by atomic mass is 9.76. The van der Waals surface area contributed by atoms with Gasteiger partial charge in [-0.05, 0) is 35.1 Å². The fourth-order valence-corrected chi connectivity index (χ4v) is 5.31. The highest BCUT2D eigenvalue weighted by Gasteiger charge is 2.33. The second kappa shape index (κ2) is 7.85. The Kier molecular flexibility index (Phi) is 5.09. The topological polar surface area (TPSA) is 145 Å². The number of pyridine rings is 1. The molecule has 5 rings (SSSR count). The highest BCUT2D eigenvalue weighted by atomic mass is 32.2. The van der Waals surface area contributed by atoms with E-state index in [-0.39, 0.29) is 22.4 Å². The molecule has 1 unspecified atom stereocenters. The normalized spacial score (nSPS) is 18.2. The number of rotatable bonds is 5. The summed E-state index contributed by atoms with van der Waals surface area (Å²) in [5.41, 5.74) is 4.31. The van der Waals surface area contributed by atoms with E-state index in [1.807, 2.05) is 12.1 Å². The molecule has 10 nitrogen and oxygen atoms in total. The Labute approximate surface area is 191 Å². The first-order valence-electron chi connectivity index (χ1n) is 10.6. The Morgan fingerprint density at radius 1 is 1.39 bits per heavy atom. The zero-order chi connectivity index (χ0) is 23.3. The third-order valence-corrected chi connectivity index (χ3v) is 6.96. The van der Waals surface area contributed by atoms with E-state index >= 15 is 0 Å². The van der Waals surface area contributed by atoms with Crippen LogP contribution in [0.4, 0.5) is 5.69 Å². The number of fused-ring (bicyclic) bond motifs is 2. The number of methoxy groups -OCH3 is 1. The molecule has 1 aromatic carbocycles.